The van der Waals surface area contributed by atoms with Crippen LogP contribution in [0.1, 0.15) is 0 Å². The first-order valence-electron chi connectivity index (χ1n) is 4.22. The SMILES string of the molecule is COC(=O)NC(=S)Nc1c(N)[nH]c(=O)[nH]c1=O. The number of carbonyl (C=O) groups is 1. The Morgan fingerprint density at radius 3 is 2.59 bits per heavy atom. The smallest absolute Gasteiger partial charge is 0.413 e. The third-order valence-corrected chi connectivity index (χ3v) is 1.82. The van der Waals surface area contributed by atoms with E-state index in [1.54, 1.807) is 0 Å². The van der Waals surface area contributed by atoms with Crippen molar-refractivity contribution in [2.45, 2.75) is 0 Å². The van der Waals surface area contributed by atoms with Gasteiger partial charge in [-0.15, -0.1) is 0 Å². The number of carbonyl (C=O) groups excluding carboxylic acids is 1. The Morgan fingerprint density at radius 2 is 2.06 bits per heavy atom. The zero-order valence-electron chi connectivity index (χ0n) is 8.62. The second kappa shape index (κ2) is 5.12. The van der Waals surface area contributed by atoms with E-state index in [0.717, 1.165) is 7.11 Å². The first-order valence-corrected chi connectivity index (χ1v) is 4.63. The van der Waals surface area contributed by atoms with Crippen molar-refractivity contribution in [1.82, 2.24) is 15.3 Å². The minimum absolute atomic E-state index is 0.175. The van der Waals surface area contributed by atoms with Gasteiger partial charge in [0.15, 0.2) is 5.11 Å². The molecule has 0 aliphatic heterocycles. The molecule has 0 aliphatic carbocycles. The van der Waals surface area contributed by atoms with Gasteiger partial charge < -0.3 is 15.8 Å². The molecule has 92 valence electrons. The van der Waals surface area contributed by atoms with E-state index in [4.69, 9.17) is 18.0 Å². The first kappa shape index (κ1) is 12.7. The molecule has 0 spiro atoms. The molecule has 0 aromatic carbocycles. The lowest BCUT2D eigenvalue weighted by molar-refractivity contribution is 0.177. The third kappa shape index (κ3) is 3.31. The maximum Gasteiger partial charge on any atom is 0.413 e. The van der Waals surface area contributed by atoms with Crippen LogP contribution in [0.25, 0.3) is 0 Å². The van der Waals surface area contributed by atoms with Crippen molar-refractivity contribution in [3.63, 3.8) is 0 Å². The van der Waals surface area contributed by atoms with Crippen molar-refractivity contribution in [2.24, 2.45) is 0 Å². The molecule has 0 bridgehead atoms. The number of rotatable bonds is 1. The molecule has 1 aromatic heterocycles. The highest BCUT2D eigenvalue weighted by atomic mass is 32.1. The number of H-pyrrole nitrogens is 2. The van der Waals surface area contributed by atoms with E-state index in [9.17, 15) is 14.4 Å². The molecule has 17 heavy (non-hydrogen) atoms. The van der Waals surface area contributed by atoms with Gasteiger partial charge in [0.25, 0.3) is 5.56 Å². The fourth-order valence-electron chi connectivity index (χ4n) is 0.917. The number of amides is 1. The Bertz CT molecular complexity index is 562. The molecule has 0 saturated carbocycles. The number of thiocarbonyl (C=S) groups is 1. The zero-order valence-corrected chi connectivity index (χ0v) is 9.44. The number of aromatic nitrogens is 2. The lowest BCUT2D eigenvalue weighted by atomic mass is 10.4. The summed E-state index contributed by atoms with van der Waals surface area (Å²) < 4.78 is 4.29. The number of hydrogen-bond donors (Lipinski definition) is 5. The molecular weight excluding hydrogens is 250 g/mol. The minimum atomic E-state index is -0.804. The number of ether oxygens (including phenoxy) is 1. The van der Waals surface area contributed by atoms with Gasteiger partial charge in [-0.1, -0.05) is 0 Å². The molecule has 9 nitrogen and oxygen atoms in total. The highest BCUT2D eigenvalue weighted by Crippen LogP contribution is 2.04. The van der Waals surface area contributed by atoms with Gasteiger partial charge in [-0.3, -0.25) is 20.1 Å². The van der Waals surface area contributed by atoms with Crippen molar-refractivity contribution in [3.05, 3.63) is 20.8 Å². The molecule has 0 unspecified atom stereocenters. The number of anilines is 2. The van der Waals surface area contributed by atoms with Crippen LogP contribution in [0.4, 0.5) is 16.3 Å². The van der Waals surface area contributed by atoms with Gasteiger partial charge in [0.1, 0.15) is 11.5 Å². The van der Waals surface area contributed by atoms with E-state index in [2.05, 4.69) is 20.4 Å². The summed E-state index contributed by atoms with van der Waals surface area (Å²) in [6.45, 7) is 0. The summed E-state index contributed by atoms with van der Waals surface area (Å²) in [5, 5.41) is 4.26. The van der Waals surface area contributed by atoms with Crippen LogP contribution in [0.3, 0.4) is 0 Å². The average Bonchev–Trinajstić information content (AvgIpc) is 2.23. The summed E-state index contributed by atoms with van der Waals surface area (Å²) in [7, 11) is 1.15. The van der Waals surface area contributed by atoms with Crippen LogP contribution in [0.5, 0.6) is 0 Å². The maximum atomic E-state index is 11.3. The van der Waals surface area contributed by atoms with Crippen LogP contribution < -0.4 is 27.6 Å². The second-order valence-corrected chi connectivity index (χ2v) is 3.18. The highest BCUT2D eigenvalue weighted by Gasteiger charge is 2.10. The highest BCUT2D eigenvalue weighted by molar-refractivity contribution is 7.80. The fraction of sp³-hybridized carbons (Fsp3) is 0.143. The normalized spacial score (nSPS) is 9.47. The van der Waals surface area contributed by atoms with Gasteiger partial charge in [0, 0.05) is 0 Å². The Labute approximate surface area is 99.4 Å². The Hall–Kier alpha value is -2.36. The molecule has 0 radical (unpaired) electrons. The van der Waals surface area contributed by atoms with E-state index < -0.39 is 17.3 Å². The predicted octanol–water partition coefficient (Wildman–Crippen LogP) is -1.30. The lowest BCUT2D eigenvalue weighted by Crippen LogP contribution is -2.37. The number of nitrogen functional groups attached to an aromatic ring is 1. The van der Waals surface area contributed by atoms with Crippen LogP contribution >= 0.6 is 12.2 Å². The fourth-order valence-corrected chi connectivity index (χ4v) is 1.10. The van der Waals surface area contributed by atoms with Gasteiger partial charge in [0.2, 0.25) is 0 Å². The van der Waals surface area contributed by atoms with Crippen LogP contribution in [0.15, 0.2) is 9.59 Å². The molecule has 0 aliphatic rings. The van der Waals surface area contributed by atoms with Crippen LogP contribution in [-0.4, -0.2) is 28.3 Å². The van der Waals surface area contributed by atoms with Crippen molar-refractivity contribution >= 4 is 34.9 Å². The molecular formula is C7H9N5O4S. The Kier molecular flexibility index (Phi) is 3.82. The summed E-state index contributed by atoms with van der Waals surface area (Å²) in [6.07, 6.45) is -0.804. The van der Waals surface area contributed by atoms with E-state index in [0.29, 0.717) is 0 Å². The maximum absolute atomic E-state index is 11.3. The molecule has 0 fully saturated rings. The second-order valence-electron chi connectivity index (χ2n) is 2.77. The largest absolute Gasteiger partial charge is 0.453 e. The predicted molar refractivity (Wildman–Crippen MR) is 63.9 cm³/mol. The van der Waals surface area contributed by atoms with Crippen molar-refractivity contribution < 1.29 is 9.53 Å². The van der Waals surface area contributed by atoms with Gasteiger partial charge in [-0.2, -0.15) is 0 Å². The van der Waals surface area contributed by atoms with E-state index in [1.807, 2.05) is 4.98 Å². The van der Waals surface area contributed by atoms with Gasteiger partial charge >= 0.3 is 11.8 Å². The molecule has 1 aromatic rings. The van der Waals surface area contributed by atoms with Crippen LogP contribution in [0.2, 0.25) is 0 Å². The molecule has 10 heteroatoms. The molecule has 6 N–H and O–H groups in total. The van der Waals surface area contributed by atoms with Crippen molar-refractivity contribution in [2.75, 3.05) is 18.2 Å². The summed E-state index contributed by atoms with van der Waals surface area (Å²) >= 11 is 4.71. The molecule has 1 rings (SSSR count). The summed E-state index contributed by atoms with van der Waals surface area (Å²) in [5.74, 6) is -0.201. The van der Waals surface area contributed by atoms with Gasteiger partial charge in [-0.05, 0) is 12.2 Å². The van der Waals surface area contributed by atoms with Crippen molar-refractivity contribution in [3.8, 4) is 0 Å². The topological polar surface area (TPSA) is 142 Å². The van der Waals surface area contributed by atoms with Crippen LogP contribution in [-0.2, 0) is 4.74 Å². The number of methoxy groups -OCH3 is 1. The van der Waals surface area contributed by atoms with Gasteiger partial charge in [0.05, 0.1) is 7.11 Å². The summed E-state index contributed by atoms with van der Waals surface area (Å²) in [6, 6.07) is 0. The average molecular weight is 259 g/mol. The lowest BCUT2D eigenvalue weighted by Gasteiger charge is -2.08. The van der Waals surface area contributed by atoms with E-state index >= 15 is 0 Å². The molecule has 1 heterocycles. The Morgan fingerprint density at radius 1 is 1.41 bits per heavy atom. The standard InChI is InChI=1S/C7H9N5O4S/c1-16-7(15)12-6(17)9-2-3(8)10-5(14)11-4(2)13/h1H3,(H2,9,12,15,17)(H4,8,10,11,13,14). The zero-order chi connectivity index (χ0) is 13.0. The first-order chi connectivity index (χ1) is 7.93. The quantitative estimate of drug-likeness (QED) is 0.394. The summed E-state index contributed by atoms with van der Waals surface area (Å²) in [5.41, 5.74) is 3.71. The molecule has 0 atom stereocenters. The monoisotopic (exact) mass is 259 g/mol. The minimum Gasteiger partial charge on any atom is -0.453 e. The van der Waals surface area contributed by atoms with Gasteiger partial charge in [-0.25, -0.2) is 9.59 Å². The molecule has 0 saturated heterocycles. The third-order valence-electron chi connectivity index (χ3n) is 1.61. The van der Waals surface area contributed by atoms with Crippen LogP contribution in [0, 0.1) is 0 Å². The summed E-state index contributed by atoms with van der Waals surface area (Å²) in [4.78, 5) is 37.1. The number of hydrogen-bond acceptors (Lipinski definition) is 6. The Balaban J connectivity index is 2.89. The number of aromatic amines is 2. The number of alkyl carbamates (subject to hydrolysis) is 1. The van der Waals surface area contributed by atoms with E-state index in [-0.39, 0.29) is 16.6 Å². The number of nitrogens with two attached hydrogens (primary N) is 1. The number of nitrogens with one attached hydrogen (secondary N) is 4. The van der Waals surface area contributed by atoms with Crippen molar-refractivity contribution in [1.29, 1.82) is 0 Å². The molecule has 1 amide bonds. The van der Waals surface area contributed by atoms with E-state index in [1.165, 1.54) is 0 Å².